The Bertz CT molecular complexity index is 975. The molecule has 0 aliphatic heterocycles. The van der Waals surface area contributed by atoms with E-state index < -0.39 is 0 Å². The van der Waals surface area contributed by atoms with E-state index in [4.69, 9.17) is 16.3 Å². The molecule has 1 aromatic heterocycles. The monoisotopic (exact) mass is 430 g/mol. The predicted molar refractivity (Wildman–Crippen MR) is 117 cm³/mol. The highest BCUT2D eigenvalue weighted by atomic mass is 35.5. The van der Waals surface area contributed by atoms with Crippen molar-refractivity contribution in [3.63, 3.8) is 0 Å². The van der Waals surface area contributed by atoms with E-state index in [2.05, 4.69) is 15.5 Å². The first kappa shape index (κ1) is 21.2. The highest BCUT2D eigenvalue weighted by molar-refractivity contribution is 8.00. The van der Waals surface area contributed by atoms with Gasteiger partial charge in [-0.15, -0.1) is 10.2 Å². The smallest absolute Gasteiger partial charge is 0.233 e. The summed E-state index contributed by atoms with van der Waals surface area (Å²) in [6, 6.07) is 15.2. The first-order valence-electron chi connectivity index (χ1n) is 9.42. The van der Waals surface area contributed by atoms with Crippen molar-refractivity contribution in [2.45, 2.75) is 31.2 Å². The summed E-state index contributed by atoms with van der Waals surface area (Å²) in [5.74, 6) is 1.41. The van der Waals surface area contributed by atoms with Gasteiger partial charge in [-0.25, -0.2) is 0 Å². The van der Waals surface area contributed by atoms with Crippen LogP contribution in [0.2, 0.25) is 5.02 Å². The van der Waals surface area contributed by atoms with Gasteiger partial charge in [-0.05, 0) is 57.2 Å². The minimum atomic E-state index is -0.312. The van der Waals surface area contributed by atoms with Gasteiger partial charge in [-0.3, -0.25) is 9.36 Å². The summed E-state index contributed by atoms with van der Waals surface area (Å²) in [6.07, 6.45) is 0. The summed E-state index contributed by atoms with van der Waals surface area (Å²) in [4.78, 5) is 12.2. The van der Waals surface area contributed by atoms with E-state index in [9.17, 15) is 4.79 Å². The highest BCUT2D eigenvalue weighted by Crippen LogP contribution is 2.31. The first-order valence-corrected chi connectivity index (χ1v) is 10.7. The molecule has 1 unspecified atom stereocenters. The number of thioether (sulfide) groups is 1. The molecule has 0 spiro atoms. The molecule has 3 aromatic rings. The number of hydrogen-bond acceptors (Lipinski definition) is 5. The maximum absolute atomic E-state index is 12.2. The van der Waals surface area contributed by atoms with Crippen molar-refractivity contribution in [3.05, 3.63) is 53.6 Å². The van der Waals surface area contributed by atoms with Gasteiger partial charge in [0.05, 0.1) is 11.9 Å². The summed E-state index contributed by atoms with van der Waals surface area (Å²) in [6.45, 7) is 6.89. The molecule has 0 aliphatic rings. The van der Waals surface area contributed by atoms with E-state index in [0.29, 0.717) is 29.2 Å². The quantitative estimate of drug-likeness (QED) is 0.529. The van der Waals surface area contributed by atoms with Gasteiger partial charge in [0.1, 0.15) is 5.75 Å². The van der Waals surface area contributed by atoms with Crippen molar-refractivity contribution in [2.75, 3.05) is 13.2 Å². The largest absolute Gasteiger partial charge is 0.494 e. The van der Waals surface area contributed by atoms with Crippen molar-refractivity contribution in [1.82, 2.24) is 20.1 Å². The van der Waals surface area contributed by atoms with Crippen LogP contribution in [0, 0.1) is 0 Å². The molecule has 8 heteroatoms. The number of nitrogens with zero attached hydrogens (tertiary/aromatic N) is 3. The van der Waals surface area contributed by atoms with Crippen molar-refractivity contribution in [3.8, 4) is 22.8 Å². The molecule has 0 radical (unpaired) electrons. The molecule has 1 heterocycles. The lowest BCUT2D eigenvalue weighted by atomic mass is 10.2. The fourth-order valence-electron chi connectivity index (χ4n) is 2.78. The summed E-state index contributed by atoms with van der Waals surface area (Å²) >= 11 is 7.54. The van der Waals surface area contributed by atoms with E-state index in [1.807, 2.05) is 73.9 Å². The minimum Gasteiger partial charge on any atom is -0.494 e. The number of aromatic nitrogens is 3. The molecule has 152 valence electrons. The third kappa shape index (κ3) is 5.10. The van der Waals surface area contributed by atoms with Gasteiger partial charge in [0.25, 0.3) is 0 Å². The van der Waals surface area contributed by atoms with Crippen LogP contribution in [0.4, 0.5) is 0 Å². The lowest BCUT2D eigenvalue weighted by molar-refractivity contribution is -0.120. The number of ether oxygens (including phenoxy) is 1. The zero-order chi connectivity index (χ0) is 20.8. The molecular formula is C21H23ClN4O2S. The molecule has 1 N–H and O–H groups in total. The molecule has 6 nitrogen and oxygen atoms in total. The van der Waals surface area contributed by atoms with Crippen LogP contribution in [-0.4, -0.2) is 39.1 Å². The third-order valence-corrected chi connectivity index (χ3v) is 5.40. The maximum Gasteiger partial charge on any atom is 0.233 e. The number of halogens is 1. The molecule has 0 bridgehead atoms. The van der Waals surface area contributed by atoms with Gasteiger partial charge < -0.3 is 10.1 Å². The molecule has 1 atom stereocenters. The number of benzene rings is 2. The second-order valence-electron chi connectivity index (χ2n) is 6.23. The Morgan fingerprint density at radius 3 is 2.62 bits per heavy atom. The standard InChI is InChI=1S/C21H23ClN4O2S/c1-4-23-20(27)14(3)29-21-25-24-19(15-7-6-8-16(22)13-15)26(21)17-9-11-18(12-10-17)28-5-2/h6-14H,4-5H2,1-3H3,(H,23,27). The number of amides is 1. The predicted octanol–water partition coefficient (Wildman–Crippen LogP) is 4.60. The van der Waals surface area contributed by atoms with Gasteiger partial charge >= 0.3 is 0 Å². The number of rotatable bonds is 8. The Labute approximate surface area is 179 Å². The Kier molecular flexibility index (Phi) is 7.17. The Hall–Kier alpha value is -2.51. The summed E-state index contributed by atoms with van der Waals surface area (Å²) in [5.41, 5.74) is 1.72. The summed E-state index contributed by atoms with van der Waals surface area (Å²) < 4.78 is 7.48. The van der Waals surface area contributed by atoms with Crippen molar-refractivity contribution in [2.24, 2.45) is 0 Å². The Balaban J connectivity index is 2.03. The van der Waals surface area contributed by atoms with Crippen molar-refractivity contribution in [1.29, 1.82) is 0 Å². The molecule has 1 amide bonds. The van der Waals surface area contributed by atoms with E-state index in [-0.39, 0.29) is 11.2 Å². The zero-order valence-corrected chi connectivity index (χ0v) is 18.1. The van der Waals surface area contributed by atoms with E-state index in [1.54, 1.807) is 0 Å². The van der Waals surface area contributed by atoms with E-state index in [0.717, 1.165) is 17.0 Å². The molecule has 0 saturated carbocycles. The van der Waals surface area contributed by atoms with Crippen LogP contribution < -0.4 is 10.1 Å². The van der Waals surface area contributed by atoms with Crippen LogP contribution >= 0.6 is 23.4 Å². The second kappa shape index (κ2) is 9.80. The van der Waals surface area contributed by atoms with Gasteiger partial charge in [0, 0.05) is 22.8 Å². The highest BCUT2D eigenvalue weighted by Gasteiger charge is 2.21. The lowest BCUT2D eigenvalue weighted by Gasteiger charge is -2.14. The molecular weight excluding hydrogens is 408 g/mol. The molecule has 29 heavy (non-hydrogen) atoms. The topological polar surface area (TPSA) is 69.0 Å². The fourth-order valence-corrected chi connectivity index (χ4v) is 3.86. The number of carbonyl (C=O) groups is 1. The molecule has 0 aliphatic carbocycles. The van der Waals surface area contributed by atoms with Gasteiger partial charge in [-0.2, -0.15) is 0 Å². The number of hydrogen-bond donors (Lipinski definition) is 1. The molecule has 3 rings (SSSR count). The normalized spacial score (nSPS) is 11.9. The Morgan fingerprint density at radius 1 is 1.21 bits per heavy atom. The second-order valence-corrected chi connectivity index (χ2v) is 7.98. The van der Waals surface area contributed by atoms with Crippen LogP contribution in [-0.2, 0) is 4.79 Å². The average molecular weight is 431 g/mol. The van der Waals surface area contributed by atoms with Gasteiger partial charge in [0.15, 0.2) is 11.0 Å². The van der Waals surface area contributed by atoms with Crippen LogP contribution in [0.3, 0.4) is 0 Å². The minimum absolute atomic E-state index is 0.0388. The fraction of sp³-hybridized carbons (Fsp3) is 0.286. The van der Waals surface area contributed by atoms with Gasteiger partial charge in [0.2, 0.25) is 5.91 Å². The number of nitrogens with one attached hydrogen (secondary N) is 1. The SMILES string of the molecule is CCNC(=O)C(C)Sc1nnc(-c2cccc(Cl)c2)n1-c1ccc(OCC)cc1. The Morgan fingerprint density at radius 2 is 1.97 bits per heavy atom. The zero-order valence-electron chi connectivity index (χ0n) is 16.6. The van der Waals surface area contributed by atoms with Crippen LogP contribution in [0.1, 0.15) is 20.8 Å². The van der Waals surface area contributed by atoms with E-state index in [1.165, 1.54) is 11.8 Å². The lowest BCUT2D eigenvalue weighted by Crippen LogP contribution is -2.30. The number of carbonyl (C=O) groups excluding carboxylic acids is 1. The van der Waals surface area contributed by atoms with Crippen molar-refractivity contribution >= 4 is 29.3 Å². The van der Waals surface area contributed by atoms with Crippen molar-refractivity contribution < 1.29 is 9.53 Å². The molecule has 2 aromatic carbocycles. The van der Waals surface area contributed by atoms with E-state index >= 15 is 0 Å². The first-order chi connectivity index (χ1) is 14.0. The van der Waals surface area contributed by atoms with Crippen LogP contribution in [0.25, 0.3) is 17.1 Å². The summed E-state index contributed by atoms with van der Waals surface area (Å²) in [7, 11) is 0. The average Bonchev–Trinajstić information content (AvgIpc) is 3.12. The summed E-state index contributed by atoms with van der Waals surface area (Å²) in [5, 5.41) is 12.5. The van der Waals surface area contributed by atoms with Crippen LogP contribution in [0.15, 0.2) is 53.7 Å². The van der Waals surface area contributed by atoms with Crippen LogP contribution in [0.5, 0.6) is 5.75 Å². The van der Waals surface area contributed by atoms with Gasteiger partial charge in [-0.1, -0.05) is 35.5 Å². The third-order valence-electron chi connectivity index (χ3n) is 4.12. The molecule has 0 fully saturated rings. The molecule has 0 saturated heterocycles. The maximum atomic E-state index is 12.2.